The third kappa shape index (κ3) is 5.79. The number of hydrogen-bond acceptors (Lipinski definition) is 4. The summed E-state index contributed by atoms with van der Waals surface area (Å²) in [5.41, 5.74) is 0. The van der Waals surface area contributed by atoms with Gasteiger partial charge in [-0.3, -0.25) is 9.89 Å². The van der Waals surface area contributed by atoms with E-state index in [1.54, 1.807) is 0 Å². The number of aryl methyl sites for hydroxylation is 1. The van der Waals surface area contributed by atoms with Crippen LogP contribution >= 0.6 is 0 Å². The number of carboxylic acid groups (broad SMARTS) is 1. The molecule has 0 saturated carbocycles. The lowest BCUT2D eigenvalue weighted by atomic mass is 10.3. The lowest BCUT2D eigenvalue weighted by Gasteiger charge is -1.88. The number of carboxylic acids is 1. The first-order valence-corrected chi connectivity index (χ1v) is 4.93. The summed E-state index contributed by atoms with van der Waals surface area (Å²) in [5.74, 6) is -0.209. The van der Waals surface area contributed by atoms with Gasteiger partial charge < -0.3 is 9.84 Å². The molecule has 15 heavy (non-hydrogen) atoms. The zero-order valence-electron chi connectivity index (χ0n) is 8.48. The number of aliphatic carboxylic acids is 1. The summed E-state index contributed by atoms with van der Waals surface area (Å²) in [4.78, 5) is 13.8. The van der Waals surface area contributed by atoms with Crippen LogP contribution in [0.25, 0.3) is 0 Å². The van der Waals surface area contributed by atoms with Gasteiger partial charge in [-0.25, -0.2) is 4.98 Å². The Hall–Kier alpha value is -1.43. The van der Waals surface area contributed by atoms with E-state index in [0.29, 0.717) is 12.2 Å². The van der Waals surface area contributed by atoms with Gasteiger partial charge in [0.05, 0.1) is 6.42 Å². The van der Waals surface area contributed by atoms with Crippen LogP contribution in [0.1, 0.15) is 25.1 Å². The Morgan fingerprint density at radius 1 is 1.53 bits per heavy atom. The van der Waals surface area contributed by atoms with E-state index in [2.05, 4.69) is 15.2 Å². The number of aromatic nitrogens is 3. The quantitative estimate of drug-likeness (QED) is 0.768. The third-order valence-corrected chi connectivity index (χ3v) is 1.87. The van der Waals surface area contributed by atoms with Crippen LogP contribution in [-0.4, -0.2) is 39.5 Å². The molecule has 1 saturated heterocycles. The molecule has 0 radical (unpaired) electrons. The minimum absolute atomic E-state index is 0.0925. The molecule has 0 amide bonds. The van der Waals surface area contributed by atoms with Crippen molar-refractivity contribution in [3.05, 3.63) is 12.2 Å². The second-order valence-corrected chi connectivity index (χ2v) is 3.15. The second-order valence-electron chi connectivity index (χ2n) is 3.15. The van der Waals surface area contributed by atoms with Crippen LogP contribution in [0.2, 0.25) is 0 Å². The standard InChI is InChI=1S/C5H7N3O2.C4H8O/c9-5(10)2-1-4-6-3-7-8-4;1-2-4-5-3-1/h3H,1-2H2,(H,9,10)(H,6,7,8);1-4H2. The molecular weight excluding hydrogens is 198 g/mol. The molecule has 1 aliphatic rings. The Labute approximate surface area is 87.7 Å². The predicted molar refractivity (Wildman–Crippen MR) is 52.4 cm³/mol. The number of rotatable bonds is 3. The maximum atomic E-state index is 10.0. The van der Waals surface area contributed by atoms with Crippen molar-refractivity contribution in [3.8, 4) is 0 Å². The maximum Gasteiger partial charge on any atom is 0.303 e. The molecule has 0 aliphatic carbocycles. The van der Waals surface area contributed by atoms with Crippen molar-refractivity contribution in [2.24, 2.45) is 0 Å². The number of carbonyl (C=O) groups is 1. The van der Waals surface area contributed by atoms with Gasteiger partial charge in [0.25, 0.3) is 0 Å². The van der Waals surface area contributed by atoms with Gasteiger partial charge in [-0.1, -0.05) is 0 Å². The van der Waals surface area contributed by atoms with Crippen molar-refractivity contribution in [2.75, 3.05) is 13.2 Å². The van der Waals surface area contributed by atoms with E-state index in [4.69, 9.17) is 9.84 Å². The van der Waals surface area contributed by atoms with Crippen molar-refractivity contribution in [1.29, 1.82) is 0 Å². The number of nitrogens with zero attached hydrogens (tertiary/aromatic N) is 2. The number of nitrogens with one attached hydrogen (secondary N) is 1. The van der Waals surface area contributed by atoms with Crippen LogP contribution in [0, 0.1) is 0 Å². The molecule has 6 heteroatoms. The fourth-order valence-electron chi connectivity index (χ4n) is 1.09. The average molecular weight is 213 g/mol. The van der Waals surface area contributed by atoms with Gasteiger partial charge in [0.15, 0.2) is 0 Å². The Morgan fingerprint density at radius 2 is 2.27 bits per heavy atom. The topological polar surface area (TPSA) is 88.1 Å². The largest absolute Gasteiger partial charge is 0.481 e. The lowest BCUT2D eigenvalue weighted by Crippen LogP contribution is -1.98. The van der Waals surface area contributed by atoms with Crippen LogP contribution in [0.4, 0.5) is 0 Å². The minimum atomic E-state index is -0.823. The molecule has 0 atom stereocenters. The van der Waals surface area contributed by atoms with Crippen molar-refractivity contribution < 1.29 is 14.6 Å². The van der Waals surface area contributed by atoms with Gasteiger partial charge >= 0.3 is 5.97 Å². The molecular formula is C9H15N3O3. The summed E-state index contributed by atoms with van der Waals surface area (Å²) in [5, 5.41) is 14.4. The summed E-state index contributed by atoms with van der Waals surface area (Å²) >= 11 is 0. The van der Waals surface area contributed by atoms with Gasteiger partial charge in [-0.2, -0.15) is 5.10 Å². The highest BCUT2D eigenvalue weighted by molar-refractivity contribution is 5.66. The SMILES string of the molecule is C1CCOC1.O=C(O)CCc1ncn[nH]1. The molecule has 0 bridgehead atoms. The zero-order valence-corrected chi connectivity index (χ0v) is 8.48. The Bertz CT molecular complexity index is 263. The van der Waals surface area contributed by atoms with E-state index in [9.17, 15) is 4.79 Å². The third-order valence-electron chi connectivity index (χ3n) is 1.87. The smallest absolute Gasteiger partial charge is 0.303 e. The normalized spacial score (nSPS) is 14.4. The second kappa shape index (κ2) is 6.94. The number of aromatic amines is 1. The van der Waals surface area contributed by atoms with Crippen LogP contribution in [0.5, 0.6) is 0 Å². The maximum absolute atomic E-state index is 10.0. The van der Waals surface area contributed by atoms with Gasteiger partial charge in [0, 0.05) is 19.6 Å². The first-order valence-electron chi connectivity index (χ1n) is 4.93. The van der Waals surface area contributed by atoms with Crippen molar-refractivity contribution in [2.45, 2.75) is 25.7 Å². The molecule has 2 rings (SSSR count). The van der Waals surface area contributed by atoms with E-state index in [0.717, 1.165) is 13.2 Å². The average Bonchev–Trinajstić information content (AvgIpc) is 2.91. The summed E-state index contributed by atoms with van der Waals surface area (Å²) in [6.45, 7) is 2.00. The first-order chi connectivity index (χ1) is 7.29. The Balaban J connectivity index is 0.000000187. The van der Waals surface area contributed by atoms with Gasteiger partial charge in [-0.15, -0.1) is 0 Å². The van der Waals surface area contributed by atoms with Crippen LogP contribution < -0.4 is 0 Å². The van der Waals surface area contributed by atoms with E-state index in [1.807, 2.05) is 0 Å². The summed E-state index contributed by atoms with van der Waals surface area (Å²) < 4.78 is 4.94. The van der Waals surface area contributed by atoms with Crippen LogP contribution in [0.3, 0.4) is 0 Å². The van der Waals surface area contributed by atoms with E-state index in [-0.39, 0.29) is 6.42 Å². The highest BCUT2D eigenvalue weighted by Crippen LogP contribution is 1.98. The zero-order chi connectivity index (χ0) is 10.9. The number of H-pyrrole nitrogens is 1. The van der Waals surface area contributed by atoms with Crippen LogP contribution in [-0.2, 0) is 16.0 Å². The molecule has 84 valence electrons. The first kappa shape index (κ1) is 11.6. The highest BCUT2D eigenvalue weighted by Gasteiger charge is 1.99. The summed E-state index contributed by atoms with van der Waals surface area (Å²) in [7, 11) is 0. The van der Waals surface area contributed by atoms with Crippen molar-refractivity contribution in [3.63, 3.8) is 0 Å². The van der Waals surface area contributed by atoms with E-state index in [1.165, 1.54) is 19.2 Å². The number of hydrogen-bond donors (Lipinski definition) is 2. The number of ether oxygens (including phenoxy) is 1. The summed E-state index contributed by atoms with van der Waals surface area (Å²) in [6, 6.07) is 0. The minimum Gasteiger partial charge on any atom is -0.481 e. The molecule has 1 aromatic heterocycles. The molecule has 2 N–H and O–H groups in total. The van der Waals surface area contributed by atoms with Crippen molar-refractivity contribution in [1.82, 2.24) is 15.2 Å². The molecule has 0 aromatic carbocycles. The monoisotopic (exact) mass is 213 g/mol. The van der Waals surface area contributed by atoms with Gasteiger partial charge in [0.2, 0.25) is 0 Å². The fourth-order valence-corrected chi connectivity index (χ4v) is 1.09. The van der Waals surface area contributed by atoms with Gasteiger partial charge in [0.1, 0.15) is 12.2 Å². The van der Waals surface area contributed by atoms with Crippen molar-refractivity contribution >= 4 is 5.97 Å². The molecule has 0 unspecified atom stereocenters. The fraction of sp³-hybridized carbons (Fsp3) is 0.667. The van der Waals surface area contributed by atoms with Gasteiger partial charge in [-0.05, 0) is 12.8 Å². The molecule has 1 aliphatic heterocycles. The highest BCUT2D eigenvalue weighted by atomic mass is 16.5. The molecule has 6 nitrogen and oxygen atoms in total. The molecule has 1 fully saturated rings. The van der Waals surface area contributed by atoms with E-state index < -0.39 is 5.97 Å². The predicted octanol–water partition coefficient (Wildman–Crippen LogP) is 0.619. The van der Waals surface area contributed by atoms with Crippen LogP contribution in [0.15, 0.2) is 6.33 Å². The molecule has 2 heterocycles. The lowest BCUT2D eigenvalue weighted by molar-refractivity contribution is -0.137. The molecule has 0 spiro atoms. The Morgan fingerprint density at radius 3 is 2.67 bits per heavy atom. The van der Waals surface area contributed by atoms with E-state index >= 15 is 0 Å². The Kier molecular flexibility index (Phi) is 5.39. The molecule has 1 aromatic rings. The summed E-state index contributed by atoms with van der Waals surface area (Å²) in [6.07, 6.45) is 4.42.